The highest BCUT2D eigenvalue weighted by Crippen LogP contribution is 2.41. The standard InChI is InChI=1S/C20H11Br/c21-18-11-14-6-3-5-12-8-9-16-15-7-2-1-4-13(15)10-17(18)20(16)19(12)14/h1-11H. The highest BCUT2D eigenvalue weighted by molar-refractivity contribution is 9.10. The van der Waals surface area contributed by atoms with E-state index in [4.69, 9.17) is 0 Å². The summed E-state index contributed by atoms with van der Waals surface area (Å²) >= 11 is 3.76. The average Bonchev–Trinajstić information content (AvgIpc) is 2.53. The van der Waals surface area contributed by atoms with E-state index in [0.29, 0.717) is 0 Å². The van der Waals surface area contributed by atoms with Crippen molar-refractivity contribution in [1.29, 1.82) is 0 Å². The Morgan fingerprint density at radius 2 is 1.33 bits per heavy atom. The third-order valence-corrected chi connectivity index (χ3v) is 5.09. The molecule has 5 rings (SSSR count). The zero-order valence-electron chi connectivity index (χ0n) is 11.2. The second kappa shape index (κ2) is 3.96. The Balaban J connectivity index is 2.25. The Hall–Kier alpha value is -2.12. The van der Waals surface area contributed by atoms with E-state index in [1.54, 1.807) is 0 Å². The molecule has 0 aliphatic rings. The molecule has 0 aromatic heterocycles. The summed E-state index contributed by atoms with van der Waals surface area (Å²) in [5, 5.41) is 10.6. The van der Waals surface area contributed by atoms with Crippen molar-refractivity contribution in [3.05, 3.63) is 71.2 Å². The predicted molar refractivity (Wildman–Crippen MR) is 95.4 cm³/mol. The molecular weight excluding hydrogens is 320 g/mol. The molecule has 0 fully saturated rings. The maximum absolute atomic E-state index is 3.76. The molecule has 98 valence electrons. The van der Waals surface area contributed by atoms with Crippen LogP contribution in [0.25, 0.3) is 43.1 Å². The topological polar surface area (TPSA) is 0 Å². The fourth-order valence-electron chi connectivity index (χ4n) is 3.53. The van der Waals surface area contributed by atoms with Crippen LogP contribution in [-0.4, -0.2) is 0 Å². The van der Waals surface area contributed by atoms with Gasteiger partial charge < -0.3 is 0 Å². The van der Waals surface area contributed by atoms with Gasteiger partial charge in [0.25, 0.3) is 0 Å². The highest BCUT2D eigenvalue weighted by Gasteiger charge is 2.12. The van der Waals surface area contributed by atoms with Crippen LogP contribution in [0.1, 0.15) is 0 Å². The van der Waals surface area contributed by atoms with Gasteiger partial charge in [-0.1, -0.05) is 70.5 Å². The van der Waals surface area contributed by atoms with Crippen molar-refractivity contribution in [2.24, 2.45) is 0 Å². The van der Waals surface area contributed by atoms with E-state index in [-0.39, 0.29) is 0 Å². The van der Waals surface area contributed by atoms with E-state index < -0.39 is 0 Å². The fraction of sp³-hybridized carbons (Fsp3) is 0. The first-order valence-corrected chi connectivity index (χ1v) is 7.87. The van der Waals surface area contributed by atoms with Gasteiger partial charge in [0.15, 0.2) is 0 Å². The number of halogens is 1. The average molecular weight is 331 g/mol. The Labute approximate surface area is 130 Å². The molecule has 0 nitrogen and oxygen atoms in total. The lowest BCUT2D eigenvalue weighted by Gasteiger charge is -2.14. The van der Waals surface area contributed by atoms with E-state index in [1.807, 2.05) is 0 Å². The Morgan fingerprint density at radius 3 is 2.29 bits per heavy atom. The molecule has 0 aliphatic carbocycles. The Kier molecular flexibility index (Phi) is 2.17. The predicted octanol–water partition coefficient (Wildman–Crippen LogP) is 6.50. The number of benzene rings is 5. The van der Waals surface area contributed by atoms with Crippen molar-refractivity contribution < 1.29 is 0 Å². The van der Waals surface area contributed by atoms with Crippen molar-refractivity contribution in [2.45, 2.75) is 0 Å². The molecule has 0 unspecified atom stereocenters. The van der Waals surface area contributed by atoms with E-state index in [1.165, 1.54) is 47.6 Å². The van der Waals surface area contributed by atoms with E-state index in [0.717, 1.165) is 0 Å². The first-order chi connectivity index (χ1) is 10.3. The smallest absolute Gasteiger partial charge is 0.0260 e. The third kappa shape index (κ3) is 1.44. The van der Waals surface area contributed by atoms with Gasteiger partial charge >= 0.3 is 0 Å². The summed E-state index contributed by atoms with van der Waals surface area (Å²) in [4.78, 5) is 0. The monoisotopic (exact) mass is 330 g/mol. The number of fused-ring (bicyclic) bond motifs is 2. The molecule has 0 radical (unpaired) electrons. The molecule has 0 atom stereocenters. The van der Waals surface area contributed by atoms with Crippen molar-refractivity contribution in [2.75, 3.05) is 0 Å². The van der Waals surface area contributed by atoms with Crippen LogP contribution in [0, 0.1) is 0 Å². The number of rotatable bonds is 0. The van der Waals surface area contributed by atoms with Crippen LogP contribution >= 0.6 is 15.9 Å². The zero-order chi connectivity index (χ0) is 14.0. The summed E-state index contributed by atoms with van der Waals surface area (Å²) in [5.74, 6) is 0. The normalized spacial score (nSPS) is 12.0. The molecule has 5 aromatic rings. The molecule has 5 aromatic carbocycles. The van der Waals surface area contributed by atoms with Gasteiger partial charge in [0, 0.05) is 4.47 Å². The minimum Gasteiger partial charge on any atom is -0.0616 e. The summed E-state index contributed by atoms with van der Waals surface area (Å²) in [7, 11) is 0. The molecule has 21 heavy (non-hydrogen) atoms. The largest absolute Gasteiger partial charge is 0.0616 e. The number of hydrogen-bond acceptors (Lipinski definition) is 0. The SMILES string of the molecule is Brc1cc2cccc3ccc4c5ccccc5cc1c4c32. The maximum Gasteiger partial charge on any atom is 0.0260 e. The maximum atomic E-state index is 3.76. The quantitative estimate of drug-likeness (QED) is 0.224. The Morgan fingerprint density at radius 1 is 0.524 bits per heavy atom. The summed E-state index contributed by atoms with van der Waals surface area (Å²) in [6, 6.07) is 24.2. The van der Waals surface area contributed by atoms with Crippen LogP contribution in [-0.2, 0) is 0 Å². The Bertz CT molecular complexity index is 1140. The molecule has 0 aliphatic heterocycles. The number of hydrogen-bond donors (Lipinski definition) is 0. The van der Waals surface area contributed by atoms with Crippen LogP contribution < -0.4 is 0 Å². The molecule has 0 heterocycles. The van der Waals surface area contributed by atoms with Crippen molar-refractivity contribution >= 4 is 59.0 Å². The first kappa shape index (κ1) is 11.5. The molecule has 0 N–H and O–H groups in total. The molecule has 1 heteroatoms. The van der Waals surface area contributed by atoms with Crippen molar-refractivity contribution in [3.8, 4) is 0 Å². The molecule has 0 saturated carbocycles. The zero-order valence-corrected chi connectivity index (χ0v) is 12.8. The molecule has 0 amide bonds. The first-order valence-electron chi connectivity index (χ1n) is 7.08. The molecule has 0 saturated heterocycles. The van der Waals surface area contributed by atoms with Crippen molar-refractivity contribution in [1.82, 2.24) is 0 Å². The fourth-order valence-corrected chi connectivity index (χ4v) is 4.09. The van der Waals surface area contributed by atoms with E-state index in [2.05, 4.69) is 82.7 Å². The van der Waals surface area contributed by atoms with Gasteiger partial charge in [0.1, 0.15) is 0 Å². The second-order valence-electron chi connectivity index (χ2n) is 5.57. The molecule has 0 bridgehead atoms. The minimum absolute atomic E-state index is 1.17. The summed E-state index contributed by atoms with van der Waals surface area (Å²) in [6.07, 6.45) is 0. The van der Waals surface area contributed by atoms with Gasteiger partial charge in [-0.2, -0.15) is 0 Å². The minimum atomic E-state index is 1.17. The lowest BCUT2D eigenvalue weighted by atomic mass is 9.91. The van der Waals surface area contributed by atoms with Gasteiger partial charge in [0.05, 0.1) is 0 Å². The van der Waals surface area contributed by atoms with Gasteiger partial charge in [-0.3, -0.25) is 0 Å². The lowest BCUT2D eigenvalue weighted by Crippen LogP contribution is -1.86. The highest BCUT2D eigenvalue weighted by atomic mass is 79.9. The van der Waals surface area contributed by atoms with Crippen LogP contribution in [0.4, 0.5) is 0 Å². The summed E-state index contributed by atoms with van der Waals surface area (Å²) in [5.41, 5.74) is 0. The van der Waals surface area contributed by atoms with Gasteiger partial charge in [-0.05, 0) is 55.2 Å². The van der Waals surface area contributed by atoms with E-state index >= 15 is 0 Å². The van der Waals surface area contributed by atoms with Crippen LogP contribution in [0.2, 0.25) is 0 Å². The lowest BCUT2D eigenvalue weighted by molar-refractivity contribution is 1.76. The third-order valence-electron chi connectivity index (χ3n) is 4.44. The summed E-state index contributed by atoms with van der Waals surface area (Å²) in [6.45, 7) is 0. The van der Waals surface area contributed by atoms with E-state index in [9.17, 15) is 0 Å². The van der Waals surface area contributed by atoms with Gasteiger partial charge in [0.2, 0.25) is 0 Å². The van der Waals surface area contributed by atoms with Crippen LogP contribution in [0.15, 0.2) is 71.2 Å². The van der Waals surface area contributed by atoms with Crippen LogP contribution in [0.5, 0.6) is 0 Å². The van der Waals surface area contributed by atoms with Gasteiger partial charge in [-0.25, -0.2) is 0 Å². The van der Waals surface area contributed by atoms with Crippen molar-refractivity contribution in [3.63, 3.8) is 0 Å². The van der Waals surface area contributed by atoms with Crippen LogP contribution in [0.3, 0.4) is 0 Å². The summed E-state index contributed by atoms with van der Waals surface area (Å²) < 4.78 is 1.17. The molecule has 0 spiro atoms. The van der Waals surface area contributed by atoms with Gasteiger partial charge in [-0.15, -0.1) is 0 Å². The molecular formula is C20H11Br. The second-order valence-corrected chi connectivity index (χ2v) is 6.43.